The molecule has 1 aliphatic heterocycles. The Bertz CT molecular complexity index is 365. The van der Waals surface area contributed by atoms with Crippen molar-refractivity contribution in [3.05, 3.63) is 29.8 Å². The van der Waals surface area contributed by atoms with Crippen LogP contribution in [0.2, 0.25) is 0 Å². The van der Waals surface area contributed by atoms with Crippen LogP contribution in [-0.4, -0.2) is 31.9 Å². The molecule has 0 bridgehead atoms. The molecule has 1 aromatic carbocycles. The molecule has 0 aliphatic carbocycles. The molecule has 0 aromatic heterocycles. The Labute approximate surface area is 115 Å². The maximum Gasteiger partial charge on any atom is 0.0108 e. The lowest BCUT2D eigenvalue weighted by molar-refractivity contribution is 0.528. The van der Waals surface area contributed by atoms with E-state index in [-0.39, 0.29) is 0 Å². The van der Waals surface area contributed by atoms with Gasteiger partial charge in [0, 0.05) is 36.2 Å². The molecular formula is C15H24N2S. The third-order valence-corrected chi connectivity index (χ3v) is 4.47. The van der Waals surface area contributed by atoms with Crippen molar-refractivity contribution in [1.82, 2.24) is 10.6 Å². The van der Waals surface area contributed by atoms with Gasteiger partial charge in [-0.2, -0.15) is 0 Å². The van der Waals surface area contributed by atoms with Gasteiger partial charge in [-0.15, -0.1) is 11.8 Å². The lowest BCUT2D eigenvalue weighted by atomic mass is 10.0. The van der Waals surface area contributed by atoms with E-state index in [1.165, 1.54) is 16.2 Å². The van der Waals surface area contributed by atoms with Crippen molar-refractivity contribution >= 4 is 11.8 Å². The molecule has 0 spiro atoms. The minimum atomic E-state index is 0.691. The summed E-state index contributed by atoms with van der Waals surface area (Å²) in [4.78, 5) is 1.47. The highest BCUT2D eigenvalue weighted by atomic mass is 32.2. The summed E-state index contributed by atoms with van der Waals surface area (Å²) in [6.45, 7) is 8.84. The first-order valence-corrected chi connectivity index (χ1v) is 7.89. The molecule has 1 aromatic rings. The highest BCUT2D eigenvalue weighted by molar-refractivity contribution is 7.99. The number of hydrogen-bond donors (Lipinski definition) is 2. The number of rotatable bonds is 7. The Hall–Kier alpha value is -0.510. The second-order valence-corrected chi connectivity index (χ2v) is 6.41. The SMILES string of the molecule is CC(C)CNCCNCC1CSc2ccccc21. The molecule has 1 unspecified atom stereocenters. The summed E-state index contributed by atoms with van der Waals surface area (Å²) in [6, 6.07) is 8.81. The topological polar surface area (TPSA) is 24.1 Å². The smallest absolute Gasteiger partial charge is 0.0108 e. The molecule has 1 heterocycles. The fraction of sp³-hybridized carbons (Fsp3) is 0.600. The Balaban J connectivity index is 1.64. The highest BCUT2D eigenvalue weighted by Gasteiger charge is 2.21. The van der Waals surface area contributed by atoms with Crippen LogP contribution in [0.1, 0.15) is 25.3 Å². The van der Waals surface area contributed by atoms with Crippen LogP contribution < -0.4 is 10.6 Å². The molecule has 2 rings (SSSR count). The van der Waals surface area contributed by atoms with Crippen LogP contribution in [-0.2, 0) is 0 Å². The zero-order chi connectivity index (χ0) is 12.8. The molecule has 0 fully saturated rings. The monoisotopic (exact) mass is 264 g/mol. The van der Waals surface area contributed by atoms with E-state index in [1.54, 1.807) is 0 Å². The Morgan fingerprint density at radius 2 is 2.00 bits per heavy atom. The zero-order valence-corrected chi connectivity index (χ0v) is 12.2. The number of fused-ring (bicyclic) bond motifs is 1. The predicted octanol–water partition coefficient (Wildman–Crippen LogP) is 2.71. The standard InChI is InChI=1S/C15H24N2S/c1-12(2)9-16-7-8-17-10-13-11-18-15-6-4-3-5-14(13)15/h3-6,12-13,16-17H,7-11H2,1-2H3. The van der Waals surface area contributed by atoms with Gasteiger partial charge in [-0.3, -0.25) is 0 Å². The van der Waals surface area contributed by atoms with E-state index in [4.69, 9.17) is 0 Å². The van der Waals surface area contributed by atoms with Gasteiger partial charge in [0.15, 0.2) is 0 Å². The molecule has 0 saturated heterocycles. The lowest BCUT2D eigenvalue weighted by Gasteiger charge is -2.13. The fourth-order valence-electron chi connectivity index (χ4n) is 2.24. The lowest BCUT2D eigenvalue weighted by Crippen LogP contribution is -2.31. The normalized spacial score (nSPS) is 18.3. The summed E-state index contributed by atoms with van der Waals surface area (Å²) >= 11 is 1.99. The van der Waals surface area contributed by atoms with Gasteiger partial charge in [0.05, 0.1) is 0 Å². The number of benzene rings is 1. The summed E-state index contributed by atoms with van der Waals surface area (Å²) in [7, 11) is 0. The van der Waals surface area contributed by atoms with Crippen molar-refractivity contribution in [3.63, 3.8) is 0 Å². The second-order valence-electron chi connectivity index (χ2n) is 5.35. The van der Waals surface area contributed by atoms with E-state index < -0.39 is 0 Å². The average molecular weight is 264 g/mol. The molecule has 100 valence electrons. The minimum Gasteiger partial charge on any atom is -0.315 e. The third-order valence-electron chi connectivity index (χ3n) is 3.22. The predicted molar refractivity (Wildman–Crippen MR) is 80.5 cm³/mol. The molecule has 0 amide bonds. The first-order chi connectivity index (χ1) is 8.77. The van der Waals surface area contributed by atoms with Crippen LogP contribution in [0.25, 0.3) is 0 Å². The molecule has 1 aliphatic rings. The van der Waals surface area contributed by atoms with Gasteiger partial charge in [0.1, 0.15) is 0 Å². The van der Waals surface area contributed by atoms with Crippen LogP contribution in [0.3, 0.4) is 0 Å². The molecular weight excluding hydrogens is 240 g/mol. The summed E-state index contributed by atoms with van der Waals surface area (Å²) in [5, 5.41) is 7.03. The van der Waals surface area contributed by atoms with E-state index in [0.717, 1.165) is 32.1 Å². The maximum absolute atomic E-state index is 3.57. The largest absolute Gasteiger partial charge is 0.315 e. The molecule has 1 atom stereocenters. The molecule has 18 heavy (non-hydrogen) atoms. The molecule has 0 radical (unpaired) electrons. The van der Waals surface area contributed by atoms with Crippen LogP contribution in [0.15, 0.2) is 29.2 Å². The van der Waals surface area contributed by atoms with Gasteiger partial charge < -0.3 is 10.6 Å². The fourth-order valence-corrected chi connectivity index (χ4v) is 3.50. The van der Waals surface area contributed by atoms with Gasteiger partial charge in [-0.05, 0) is 24.1 Å². The molecule has 2 nitrogen and oxygen atoms in total. The second kappa shape index (κ2) is 7.17. The summed E-state index contributed by atoms with van der Waals surface area (Å²) in [5.41, 5.74) is 1.53. The summed E-state index contributed by atoms with van der Waals surface area (Å²) in [5.74, 6) is 2.66. The van der Waals surface area contributed by atoms with Crippen molar-refractivity contribution in [1.29, 1.82) is 0 Å². The van der Waals surface area contributed by atoms with Crippen LogP contribution in [0, 0.1) is 5.92 Å². The van der Waals surface area contributed by atoms with Gasteiger partial charge in [-0.25, -0.2) is 0 Å². The van der Waals surface area contributed by atoms with E-state index in [0.29, 0.717) is 5.92 Å². The van der Waals surface area contributed by atoms with Gasteiger partial charge in [0.25, 0.3) is 0 Å². The third kappa shape index (κ3) is 4.01. The van der Waals surface area contributed by atoms with Crippen molar-refractivity contribution in [2.24, 2.45) is 5.92 Å². The number of nitrogens with one attached hydrogen (secondary N) is 2. The Kier molecular flexibility index (Phi) is 5.54. The summed E-state index contributed by atoms with van der Waals surface area (Å²) < 4.78 is 0. The first-order valence-electron chi connectivity index (χ1n) is 6.90. The number of hydrogen-bond acceptors (Lipinski definition) is 3. The van der Waals surface area contributed by atoms with Crippen molar-refractivity contribution in [2.45, 2.75) is 24.7 Å². The Morgan fingerprint density at radius 3 is 2.83 bits per heavy atom. The average Bonchev–Trinajstić information content (AvgIpc) is 2.77. The van der Waals surface area contributed by atoms with E-state index in [1.807, 2.05) is 11.8 Å². The van der Waals surface area contributed by atoms with E-state index >= 15 is 0 Å². The first kappa shape index (κ1) is 13.9. The number of thioether (sulfide) groups is 1. The maximum atomic E-state index is 3.57. The van der Waals surface area contributed by atoms with Crippen molar-refractivity contribution in [2.75, 3.05) is 31.9 Å². The van der Waals surface area contributed by atoms with E-state index in [9.17, 15) is 0 Å². The molecule has 3 heteroatoms. The zero-order valence-electron chi connectivity index (χ0n) is 11.4. The van der Waals surface area contributed by atoms with Gasteiger partial charge >= 0.3 is 0 Å². The van der Waals surface area contributed by atoms with Crippen LogP contribution >= 0.6 is 11.8 Å². The van der Waals surface area contributed by atoms with Gasteiger partial charge in [-0.1, -0.05) is 32.0 Å². The van der Waals surface area contributed by atoms with E-state index in [2.05, 4.69) is 48.7 Å². The van der Waals surface area contributed by atoms with Crippen LogP contribution in [0.5, 0.6) is 0 Å². The molecule has 0 saturated carbocycles. The van der Waals surface area contributed by atoms with Crippen molar-refractivity contribution in [3.8, 4) is 0 Å². The highest BCUT2D eigenvalue weighted by Crippen LogP contribution is 2.38. The Morgan fingerprint density at radius 1 is 1.22 bits per heavy atom. The molecule has 2 N–H and O–H groups in total. The van der Waals surface area contributed by atoms with Crippen molar-refractivity contribution < 1.29 is 0 Å². The van der Waals surface area contributed by atoms with Gasteiger partial charge in [0.2, 0.25) is 0 Å². The van der Waals surface area contributed by atoms with Crippen LogP contribution in [0.4, 0.5) is 0 Å². The summed E-state index contributed by atoms with van der Waals surface area (Å²) in [6.07, 6.45) is 0. The minimum absolute atomic E-state index is 0.691. The quantitative estimate of drug-likeness (QED) is 0.741.